The Labute approximate surface area is 193 Å². The normalized spacial score (nSPS) is 16.8. The Bertz CT molecular complexity index is 1190. The highest BCUT2D eigenvalue weighted by molar-refractivity contribution is 7.14. The number of thiazole rings is 1. The van der Waals surface area contributed by atoms with Crippen LogP contribution < -0.4 is 5.32 Å². The van der Waals surface area contributed by atoms with Crippen molar-refractivity contribution < 1.29 is 24.2 Å². The molecule has 2 heterocycles. The first-order chi connectivity index (χ1) is 16.0. The molecule has 0 bridgehead atoms. The minimum absolute atomic E-state index is 0.0558. The Morgan fingerprint density at radius 3 is 2.42 bits per heavy atom. The molecule has 2 N–H and O–H groups in total. The summed E-state index contributed by atoms with van der Waals surface area (Å²) in [6.45, 7) is 0.549. The molecule has 5 rings (SSSR count). The zero-order valence-corrected chi connectivity index (χ0v) is 18.4. The van der Waals surface area contributed by atoms with E-state index in [1.807, 2.05) is 36.4 Å². The minimum atomic E-state index is -1.02. The van der Waals surface area contributed by atoms with E-state index in [2.05, 4.69) is 22.4 Å². The van der Waals surface area contributed by atoms with Gasteiger partial charge in [0.1, 0.15) is 18.3 Å². The van der Waals surface area contributed by atoms with Crippen LogP contribution in [0.15, 0.2) is 53.9 Å². The molecule has 2 aromatic carbocycles. The number of hydrogen-bond donors (Lipinski definition) is 2. The number of rotatable bonds is 5. The van der Waals surface area contributed by atoms with Crippen LogP contribution in [0.1, 0.15) is 40.4 Å². The average molecular weight is 464 g/mol. The molecule has 0 saturated carbocycles. The molecule has 1 saturated heterocycles. The first-order valence-electron chi connectivity index (χ1n) is 10.6. The fraction of sp³-hybridized carbons (Fsp3) is 0.250. The Morgan fingerprint density at radius 1 is 1.09 bits per heavy atom. The molecule has 1 fully saturated rings. The van der Waals surface area contributed by atoms with Gasteiger partial charge in [0.2, 0.25) is 0 Å². The lowest BCUT2D eigenvalue weighted by molar-refractivity contribution is -0.141. The second-order valence-electron chi connectivity index (χ2n) is 7.98. The van der Waals surface area contributed by atoms with E-state index in [4.69, 9.17) is 4.74 Å². The van der Waals surface area contributed by atoms with Crippen molar-refractivity contribution in [2.24, 2.45) is 0 Å². The maximum Gasteiger partial charge on any atom is 0.413 e. The van der Waals surface area contributed by atoms with E-state index >= 15 is 0 Å². The van der Waals surface area contributed by atoms with Gasteiger partial charge < -0.3 is 14.7 Å². The topological polar surface area (TPSA) is 109 Å². The van der Waals surface area contributed by atoms with Crippen LogP contribution in [0.3, 0.4) is 0 Å². The predicted octanol–water partition coefficient (Wildman–Crippen LogP) is 4.19. The SMILES string of the molecule is O=C(Nc1nc(C(=O)N2CCCC2C(=O)O)cs1)OCC1c2ccccc2-c2ccccc21. The van der Waals surface area contributed by atoms with E-state index in [1.165, 1.54) is 10.3 Å². The van der Waals surface area contributed by atoms with Crippen molar-refractivity contribution in [3.8, 4) is 11.1 Å². The van der Waals surface area contributed by atoms with Crippen molar-refractivity contribution in [2.45, 2.75) is 24.8 Å². The number of nitrogens with zero attached hydrogens (tertiary/aromatic N) is 2. The van der Waals surface area contributed by atoms with Crippen molar-refractivity contribution in [2.75, 3.05) is 18.5 Å². The Morgan fingerprint density at radius 2 is 1.76 bits per heavy atom. The second-order valence-corrected chi connectivity index (χ2v) is 8.84. The van der Waals surface area contributed by atoms with Gasteiger partial charge in [0.15, 0.2) is 5.13 Å². The lowest BCUT2D eigenvalue weighted by Gasteiger charge is -2.20. The van der Waals surface area contributed by atoms with Gasteiger partial charge in [0, 0.05) is 17.8 Å². The zero-order chi connectivity index (χ0) is 22.9. The van der Waals surface area contributed by atoms with Crippen LogP contribution in [-0.4, -0.2) is 52.2 Å². The van der Waals surface area contributed by atoms with Gasteiger partial charge in [-0.05, 0) is 35.1 Å². The molecule has 3 aromatic rings. The number of carboxylic acid groups (broad SMARTS) is 1. The highest BCUT2D eigenvalue weighted by atomic mass is 32.1. The monoisotopic (exact) mass is 463 g/mol. The average Bonchev–Trinajstić information content (AvgIpc) is 3.55. The fourth-order valence-electron chi connectivity index (χ4n) is 4.56. The van der Waals surface area contributed by atoms with E-state index in [-0.39, 0.29) is 23.4 Å². The van der Waals surface area contributed by atoms with Gasteiger partial charge in [-0.2, -0.15) is 0 Å². The summed E-state index contributed by atoms with van der Waals surface area (Å²) >= 11 is 1.09. The van der Waals surface area contributed by atoms with Gasteiger partial charge in [0.05, 0.1) is 0 Å². The number of aromatic nitrogens is 1. The van der Waals surface area contributed by atoms with Crippen LogP contribution in [0, 0.1) is 0 Å². The molecule has 1 aromatic heterocycles. The van der Waals surface area contributed by atoms with Gasteiger partial charge in [-0.15, -0.1) is 11.3 Å². The fourth-order valence-corrected chi connectivity index (χ4v) is 5.23. The van der Waals surface area contributed by atoms with Crippen LogP contribution in [0.4, 0.5) is 9.93 Å². The van der Waals surface area contributed by atoms with Crippen LogP contribution in [0.2, 0.25) is 0 Å². The number of amides is 2. The van der Waals surface area contributed by atoms with Gasteiger partial charge in [-0.1, -0.05) is 48.5 Å². The van der Waals surface area contributed by atoms with Crippen molar-refractivity contribution in [3.05, 3.63) is 70.7 Å². The molecular weight excluding hydrogens is 442 g/mol. The molecule has 1 aliphatic carbocycles. The number of fused-ring (bicyclic) bond motifs is 3. The number of nitrogens with one attached hydrogen (secondary N) is 1. The van der Waals surface area contributed by atoms with Gasteiger partial charge in [-0.25, -0.2) is 14.6 Å². The summed E-state index contributed by atoms with van der Waals surface area (Å²) in [6.07, 6.45) is 0.406. The summed E-state index contributed by atoms with van der Waals surface area (Å²) in [4.78, 5) is 41.9. The largest absolute Gasteiger partial charge is 0.480 e. The third kappa shape index (κ3) is 3.95. The highest BCUT2D eigenvalue weighted by Gasteiger charge is 2.35. The first-order valence-corrected chi connectivity index (χ1v) is 11.5. The van der Waals surface area contributed by atoms with Crippen LogP contribution in [0.5, 0.6) is 0 Å². The second kappa shape index (κ2) is 8.67. The standard InChI is InChI=1S/C24H21N3O5S/c28-21(27-11-5-10-20(27)22(29)30)19-13-33-23(25-19)26-24(31)32-12-18-16-8-3-1-6-14(16)15-7-2-4-9-17(15)18/h1-4,6-9,13,18,20H,5,10-12H2,(H,29,30)(H,25,26,31). The van der Waals surface area contributed by atoms with Crippen molar-refractivity contribution in [1.82, 2.24) is 9.88 Å². The van der Waals surface area contributed by atoms with Crippen molar-refractivity contribution in [1.29, 1.82) is 0 Å². The lowest BCUT2D eigenvalue weighted by Crippen LogP contribution is -2.40. The van der Waals surface area contributed by atoms with Gasteiger partial charge in [-0.3, -0.25) is 10.1 Å². The first kappa shape index (κ1) is 21.1. The van der Waals surface area contributed by atoms with E-state index in [0.29, 0.717) is 19.4 Å². The van der Waals surface area contributed by atoms with E-state index in [0.717, 1.165) is 33.6 Å². The maximum atomic E-state index is 12.7. The minimum Gasteiger partial charge on any atom is -0.480 e. The quantitative estimate of drug-likeness (QED) is 0.587. The number of hydrogen-bond acceptors (Lipinski definition) is 6. The Kier molecular flexibility index (Phi) is 5.55. The number of ether oxygens (including phenoxy) is 1. The summed E-state index contributed by atoms with van der Waals surface area (Å²) < 4.78 is 5.51. The van der Waals surface area contributed by atoms with Crippen LogP contribution in [0.25, 0.3) is 11.1 Å². The zero-order valence-electron chi connectivity index (χ0n) is 17.6. The summed E-state index contributed by atoms with van der Waals surface area (Å²) in [5.74, 6) is -1.52. The smallest absolute Gasteiger partial charge is 0.413 e. The summed E-state index contributed by atoms with van der Waals surface area (Å²) in [6, 6.07) is 15.3. The summed E-state index contributed by atoms with van der Waals surface area (Å²) in [5.41, 5.74) is 4.64. The molecule has 9 heteroatoms. The molecule has 0 spiro atoms. The van der Waals surface area contributed by atoms with E-state index in [1.54, 1.807) is 0 Å². The maximum absolute atomic E-state index is 12.7. The molecule has 33 heavy (non-hydrogen) atoms. The molecule has 1 unspecified atom stereocenters. The third-order valence-electron chi connectivity index (χ3n) is 6.07. The van der Waals surface area contributed by atoms with E-state index < -0.39 is 24.0 Å². The number of carbonyl (C=O) groups is 3. The molecule has 0 radical (unpaired) electrons. The number of likely N-dealkylation sites (tertiary alicyclic amines) is 1. The third-order valence-corrected chi connectivity index (χ3v) is 6.83. The Hall–Kier alpha value is -3.72. The molecule has 2 aliphatic rings. The van der Waals surface area contributed by atoms with Crippen molar-refractivity contribution in [3.63, 3.8) is 0 Å². The number of anilines is 1. The van der Waals surface area contributed by atoms with Crippen LogP contribution in [-0.2, 0) is 9.53 Å². The number of benzene rings is 2. The Balaban J connectivity index is 1.23. The molecule has 1 atom stereocenters. The van der Waals surface area contributed by atoms with E-state index in [9.17, 15) is 19.5 Å². The highest BCUT2D eigenvalue weighted by Crippen LogP contribution is 2.44. The molecule has 168 valence electrons. The molecule has 8 nitrogen and oxygen atoms in total. The molecule has 2 amide bonds. The van der Waals surface area contributed by atoms with Gasteiger partial charge in [0.25, 0.3) is 5.91 Å². The predicted molar refractivity (Wildman–Crippen MR) is 122 cm³/mol. The lowest BCUT2D eigenvalue weighted by atomic mass is 9.98. The van der Waals surface area contributed by atoms with Gasteiger partial charge >= 0.3 is 12.1 Å². The number of aliphatic carboxylic acids is 1. The molecular formula is C24H21N3O5S. The summed E-state index contributed by atoms with van der Waals surface area (Å²) in [5, 5.41) is 13.6. The van der Waals surface area contributed by atoms with Crippen LogP contribution >= 0.6 is 11.3 Å². The molecule has 1 aliphatic heterocycles. The van der Waals surface area contributed by atoms with Crippen molar-refractivity contribution >= 4 is 34.4 Å². The number of carboxylic acids is 1. The summed E-state index contributed by atoms with van der Waals surface area (Å²) in [7, 11) is 0. The number of carbonyl (C=O) groups excluding carboxylic acids is 2.